The summed E-state index contributed by atoms with van der Waals surface area (Å²) in [5.41, 5.74) is 1.72. The van der Waals surface area contributed by atoms with Gasteiger partial charge in [-0.3, -0.25) is 9.78 Å². The van der Waals surface area contributed by atoms with E-state index in [0.29, 0.717) is 0 Å². The van der Waals surface area contributed by atoms with Crippen LogP contribution in [0, 0.1) is 5.92 Å². The van der Waals surface area contributed by atoms with Crippen molar-refractivity contribution in [2.75, 3.05) is 18.4 Å². The Morgan fingerprint density at radius 2 is 2.26 bits per heavy atom. The third kappa shape index (κ3) is 2.74. The number of nitrogens with zero attached hydrogens (tertiary/aromatic N) is 1. The second-order valence-corrected chi connectivity index (χ2v) is 4.95. The fourth-order valence-corrected chi connectivity index (χ4v) is 2.46. The molecule has 1 aliphatic rings. The molecular weight excluding hydrogens is 238 g/mol. The van der Waals surface area contributed by atoms with Gasteiger partial charge < -0.3 is 10.6 Å². The molecule has 98 valence electrons. The number of nitrogens with one attached hydrogen (secondary N) is 2. The summed E-state index contributed by atoms with van der Waals surface area (Å²) in [6.07, 6.45) is 3.74. The van der Waals surface area contributed by atoms with Gasteiger partial charge in [0, 0.05) is 11.9 Å². The Labute approximate surface area is 112 Å². The average molecular weight is 255 g/mol. The summed E-state index contributed by atoms with van der Waals surface area (Å²) < 4.78 is 0. The van der Waals surface area contributed by atoms with Crippen molar-refractivity contribution >= 4 is 22.5 Å². The number of anilines is 1. The predicted molar refractivity (Wildman–Crippen MR) is 76.0 cm³/mol. The summed E-state index contributed by atoms with van der Waals surface area (Å²) in [6, 6.07) is 9.87. The Morgan fingerprint density at radius 3 is 3.11 bits per heavy atom. The molecule has 1 saturated heterocycles. The number of fused-ring (bicyclic) bond motifs is 1. The fourth-order valence-electron chi connectivity index (χ4n) is 2.46. The van der Waals surface area contributed by atoms with Gasteiger partial charge in [0.05, 0.1) is 23.3 Å². The van der Waals surface area contributed by atoms with Gasteiger partial charge in [-0.05, 0) is 31.5 Å². The number of amides is 1. The van der Waals surface area contributed by atoms with E-state index in [4.69, 9.17) is 0 Å². The minimum absolute atomic E-state index is 0.0696. The fraction of sp³-hybridized carbons (Fsp3) is 0.333. The summed E-state index contributed by atoms with van der Waals surface area (Å²) >= 11 is 0. The molecule has 2 aromatic rings. The lowest BCUT2D eigenvalue weighted by Gasteiger charge is -2.21. The largest absolute Gasteiger partial charge is 0.324 e. The first kappa shape index (κ1) is 12.1. The maximum absolute atomic E-state index is 12.1. The Bertz CT molecular complexity index is 591. The molecule has 2 heterocycles. The normalized spacial score (nSPS) is 19.3. The van der Waals surface area contributed by atoms with Crippen LogP contribution in [0.1, 0.15) is 12.8 Å². The van der Waals surface area contributed by atoms with E-state index in [1.165, 1.54) is 0 Å². The average Bonchev–Trinajstić information content (AvgIpc) is 2.48. The molecule has 4 nitrogen and oxygen atoms in total. The molecule has 0 bridgehead atoms. The van der Waals surface area contributed by atoms with Crippen molar-refractivity contribution in [2.45, 2.75) is 12.8 Å². The SMILES string of the molecule is O=C(Nc1cnc2ccccc2c1)C1CCCNC1. The molecular formula is C15H17N3O. The van der Waals surface area contributed by atoms with Gasteiger partial charge in [0.15, 0.2) is 0 Å². The highest BCUT2D eigenvalue weighted by Gasteiger charge is 2.20. The van der Waals surface area contributed by atoms with Crippen LogP contribution in [-0.2, 0) is 4.79 Å². The number of piperidine rings is 1. The van der Waals surface area contributed by atoms with Crippen molar-refractivity contribution in [1.82, 2.24) is 10.3 Å². The quantitative estimate of drug-likeness (QED) is 0.864. The van der Waals surface area contributed by atoms with Crippen LogP contribution in [-0.4, -0.2) is 24.0 Å². The number of carbonyl (C=O) groups is 1. The summed E-state index contributed by atoms with van der Waals surface area (Å²) in [6.45, 7) is 1.79. The second kappa shape index (κ2) is 5.36. The van der Waals surface area contributed by atoms with E-state index in [1.54, 1.807) is 6.20 Å². The predicted octanol–water partition coefficient (Wildman–Crippen LogP) is 2.17. The monoisotopic (exact) mass is 255 g/mol. The molecule has 0 radical (unpaired) electrons. The van der Waals surface area contributed by atoms with Gasteiger partial charge in [0.25, 0.3) is 0 Å². The topological polar surface area (TPSA) is 54.0 Å². The maximum Gasteiger partial charge on any atom is 0.228 e. The Hall–Kier alpha value is -1.94. The molecule has 1 unspecified atom stereocenters. The van der Waals surface area contributed by atoms with Crippen LogP contribution >= 0.6 is 0 Å². The molecule has 19 heavy (non-hydrogen) atoms. The Morgan fingerprint density at radius 1 is 1.37 bits per heavy atom. The lowest BCUT2D eigenvalue weighted by atomic mass is 9.99. The zero-order valence-electron chi connectivity index (χ0n) is 10.7. The first-order valence-corrected chi connectivity index (χ1v) is 6.69. The molecule has 0 saturated carbocycles. The Balaban J connectivity index is 1.75. The van der Waals surface area contributed by atoms with E-state index in [0.717, 1.165) is 42.5 Å². The highest BCUT2D eigenvalue weighted by molar-refractivity contribution is 5.94. The highest BCUT2D eigenvalue weighted by atomic mass is 16.1. The van der Waals surface area contributed by atoms with Crippen LogP contribution in [0.3, 0.4) is 0 Å². The molecule has 1 amide bonds. The molecule has 3 rings (SSSR count). The van der Waals surface area contributed by atoms with E-state index in [2.05, 4.69) is 15.6 Å². The van der Waals surface area contributed by atoms with Crippen LogP contribution in [0.5, 0.6) is 0 Å². The van der Waals surface area contributed by atoms with Crippen molar-refractivity contribution in [2.24, 2.45) is 5.92 Å². The standard InChI is InChI=1S/C15H17N3O/c19-15(12-5-3-7-16-9-12)18-13-8-11-4-1-2-6-14(11)17-10-13/h1-2,4,6,8,10,12,16H,3,5,7,9H2,(H,18,19). The van der Waals surface area contributed by atoms with Gasteiger partial charge in [-0.15, -0.1) is 0 Å². The number of rotatable bonds is 2. The lowest BCUT2D eigenvalue weighted by molar-refractivity contribution is -0.120. The minimum atomic E-state index is 0.0696. The molecule has 1 fully saturated rings. The van der Waals surface area contributed by atoms with Crippen LogP contribution in [0.2, 0.25) is 0 Å². The van der Waals surface area contributed by atoms with Gasteiger partial charge in [0.1, 0.15) is 0 Å². The summed E-state index contributed by atoms with van der Waals surface area (Å²) in [5.74, 6) is 0.157. The minimum Gasteiger partial charge on any atom is -0.324 e. The van der Waals surface area contributed by atoms with Crippen molar-refractivity contribution < 1.29 is 4.79 Å². The molecule has 2 N–H and O–H groups in total. The molecule has 1 aliphatic heterocycles. The number of carbonyl (C=O) groups excluding carboxylic acids is 1. The molecule has 1 atom stereocenters. The smallest absolute Gasteiger partial charge is 0.228 e. The van der Waals surface area contributed by atoms with E-state index in [-0.39, 0.29) is 11.8 Å². The number of hydrogen-bond donors (Lipinski definition) is 2. The molecule has 0 aliphatic carbocycles. The van der Waals surface area contributed by atoms with Gasteiger partial charge in [-0.1, -0.05) is 18.2 Å². The highest BCUT2D eigenvalue weighted by Crippen LogP contribution is 2.18. The van der Waals surface area contributed by atoms with E-state index in [9.17, 15) is 4.79 Å². The van der Waals surface area contributed by atoms with E-state index >= 15 is 0 Å². The van der Waals surface area contributed by atoms with Crippen LogP contribution < -0.4 is 10.6 Å². The zero-order valence-corrected chi connectivity index (χ0v) is 10.7. The third-order valence-corrected chi connectivity index (χ3v) is 3.53. The summed E-state index contributed by atoms with van der Waals surface area (Å²) in [5, 5.41) is 7.26. The number of aromatic nitrogens is 1. The zero-order chi connectivity index (χ0) is 13.1. The van der Waals surface area contributed by atoms with Crippen LogP contribution in [0.25, 0.3) is 10.9 Å². The van der Waals surface area contributed by atoms with Gasteiger partial charge in [-0.25, -0.2) is 0 Å². The number of benzene rings is 1. The number of para-hydroxylation sites is 1. The van der Waals surface area contributed by atoms with Gasteiger partial charge in [0.2, 0.25) is 5.91 Å². The van der Waals surface area contributed by atoms with Gasteiger partial charge >= 0.3 is 0 Å². The van der Waals surface area contributed by atoms with Crippen LogP contribution in [0.15, 0.2) is 36.5 Å². The summed E-state index contributed by atoms with van der Waals surface area (Å²) in [4.78, 5) is 16.5. The van der Waals surface area contributed by atoms with Crippen molar-refractivity contribution in [1.29, 1.82) is 0 Å². The molecule has 0 spiro atoms. The van der Waals surface area contributed by atoms with E-state index < -0.39 is 0 Å². The third-order valence-electron chi connectivity index (χ3n) is 3.53. The van der Waals surface area contributed by atoms with Crippen molar-refractivity contribution in [3.05, 3.63) is 36.5 Å². The van der Waals surface area contributed by atoms with Crippen LogP contribution in [0.4, 0.5) is 5.69 Å². The number of pyridine rings is 1. The molecule has 1 aromatic heterocycles. The first-order valence-electron chi connectivity index (χ1n) is 6.69. The summed E-state index contributed by atoms with van der Waals surface area (Å²) in [7, 11) is 0. The van der Waals surface area contributed by atoms with Crippen molar-refractivity contribution in [3.8, 4) is 0 Å². The maximum atomic E-state index is 12.1. The van der Waals surface area contributed by atoms with Crippen molar-refractivity contribution in [3.63, 3.8) is 0 Å². The van der Waals surface area contributed by atoms with E-state index in [1.807, 2.05) is 30.3 Å². The Kier molecular flexibility index (Phi) is 3.42. The van der Waals surface area contributed by atoms with Gasteiger partial charge in [-0.2, -0.15) is 0 Å². The lowest BCUT2D eigenvalue weighted by Crippen LogP contribution is -2.37. The molecule has 4 heteroatoms. The second-order valence-electron chi connectivity index (χ2n) is 4.95. The number of hydrogen-bond acceptors (Lipinski definition) is 3. The molecule has 1 aromatic carbocycles. The first-order chi connectivity index (χ1) is 9.33.